The largest absolute Gasteiger partial charge is 0.350 e. The number of benzene rings is 4. The molecule has 4 aromatic rings. The Morgan fingerprint density at radius 3 is 2.18 bits per heavy atom. The third-order valence-corrected chi connectivity index (χ3v) is 6.29. The average Bonchev–Trinajstić information content (AvgIpc) is 3.06. The molecule has 0 unspecified atom stereocenters. The summed E-state index contributed by atoms with van der Waals surface area (Å²) in [5, 5.41) is 5.38. The first-order valence-electron chi connectivity index (χ1n) is 11.0. The van der Waals surface area contributed by atoms with Crippen molar-refractivity contribution < 1.29 is 9.59 Å². The van der Waals surface area contributed by atoms with Gasteiger partial charge in [-0.1, -0.05) is 72.8 Å². The summed E-state index contributed by atoms with van der Waals surface area (Å²) < 4.78 is 0. The third-order valence-electron chi connectivity index (χ3n) is 6.29. The molecule has 0 aliphatic carbocycles. The number of aryl methyl sites for hydroxylation is 3. The minimum Gasteiger partial charge on any atom is -0.350 e. The first-order valence-corrected chi connectivity index (χ1v) is 11.0. The highest BCUT2D eigenvalue weighted by Gasteiger charge is 2.41. The summed E-state index contributed by atoms with van der Waals surface area (Å²) in [4.78, 5) is 28.8. The minimum absolute atomic E-state index is 0.294. The summed E-state index contributed by atoms with van der Waals surface area (Å²) in [6, 6.07) is 27.2. The summed E-state index contributed by atoms with van der Waals surface area (Å²) in [7, 11) is 0. The lowest BCUT2D eigenvalue weighted by Gasteiger charge is -2.18. The van der Waals surface area contributed by atoms with Gasteiger partial charge in [0.05, 0.1) is 11.3 Å². The Balaban J connectivity index is 1.69. The molecule has 0 spiro atoms. The topological polar surface area (TPSA) is 49.4 Å². The van der Waals surface area contributed by atoms with E-state index < -0.39 is 0 Å². The van der Waals surface area contributed by atoms with Crippen molar-refractivity contribution in [3.63, 3.8) is 0 Å². The number of para-hydroxylation sites is 1. The van der Waals surface area contributed by atoms with Crippen molar-refractivity contribution in [1.82, 2.24) is 0 Å². The number of carbonyl (C=O) groups excluding carboxylic acids is 2. The van der Waals surface area contributed by atoms with Crippen LogP contribution in [0.5, 0.6) is 0 Å². The van der Waals surface area contributed by atoms with Crippen molar-refractivity contribution in [3.05, 3.63) is 113 Å². The molecule has 4 nitrogen and oxygen atoms in total. The Morgan fingerprint density at radius 1 is 0.667 bits per heavy atom. The van der Waals surface area contributed by atoms with Crippen LogP contribution in [0.15, 0.2) is 90.6 Å². The molecule has 0 bridgehead atoms. The predicted molar refractivity (Wildman–Crippen MR) is 134 cm³/mol. The summed E-state index contributed by atoms with van der Waals surface area (Å²) in [5.74, 6) is -0.671. The smallest absolute Gasteiger partial charge is 0.282 e. The first kappa shape index (κ1) is 20.7. The zero-order valence-corrected chi connectivity index (χ0v) is 18.8. The van der Waals surface area contributed by atoms with Crippen molar-refractivity contribution in [3.8, 4) is 0 Å². The van der Waals surface area contributed by atoms with Crippen molar-refractivity contribution in [2.24, 2.45) is 0 Å². The molecule has 0 saturated carbocycles. The number of hydrogen-bond donors (Lipinski definition) is 1. The highest BCUT2D eigenvalue weighted by atomic mass is 16.2. The molecule has 0 aromatic heterocycles. The molecule has 2 amide bonds. The van der Waals surface area contributed by atoms with Gasteiger partial charge in [0.15, 0.2) is 0 Å². The molecular weight excluding hydrogens is 408 g/mol. The first-order chi connectivity index (χ1) is 16.0. The van der Waals surface area contributed by atoms with Gasteiger partial charge in [0.1, 0.15) is 5.70 Å². The zero-order valence-electron chi connectivity index (χ0n) is 18.8. The van der Waals surface area contributed by atoms with Gasteiger partial charge in [0.2, 0.25) is 0 Å². The van der Waals surface area contributed by atoms with Gasteiger partial charge < -0.3 is 5.32 Å². The fraction of sp³-hybridized carbons (Fsp3) is 0.103. The molecule has 1 aliphatic heterocycles. The van der Waals surface area contributed by atoms with Crippen LogP contribution in [0.3, 0.4) is 0 Å². The molecule has 4 heteroatoms. The predicted octanol–water partition coefficient (Wildman–Crippen LogP) is 6.16. The number of imide groups is 1. The van der Waals surface area contributed by atoms with E-state index in [4.69, 9.17) is 0 Å². The molecule has 162 valence electrons. The van der Waals surface area contributed by atoms with E-state index in [-0.39, 0.29) is 11.8 Å². The number of nitrogens with one attached hydrogen (secondary N) is 1. The van der Waals surface area contributed by atoms with Gasteiger partial charge in [0.25, 0.3) is 11.8 Å². The van der Waals surface area contributed by atoms with Crippen molar-refractivity contribution in [1.29, 1.82) is 0 Å². The molecule has 1 N–H and O–H groups in total. The van der Waals surface area contributed by atoms with Crippen LogP contribution in [0.4, 0.5) is 11.4 Å². The van der Waals surface area contributed by atoms with Crippen LogP contribution in [0.1, 0.15) is 22.3 Å². The maximum atomic E-state index is 13.7. The molecule has 0 saturated heterocycles. The van der Waals surface area contributed by atoms with Crippen molar-refractivity contribution >= 4 is 39.5 Å². The van der Waals surface area contributed by atoms with E-state index in [0.29, 0.717) is 17.0 Å². The van der Waals surface area contributed by atoms with Crippen molar-refractivity contribution in [2.45, 2.75) is 20.8 Å². The van der Waals surface area contributed by atoms with E-state index in [9.17, 15) is 9.59 Å². The number of amides is 2. The van der Waals surface area contributed by atoms with E-state index in [1.54, 1.807) is 0 Å². The van der Waals surface area contributed by atoms with Crippen molar-refractivity contribution in [2.75, 3.05) is 10.2 Å². The van der Waals surface area contributed by atoms with Gasteiger partial charge in [0, 0.05) is 11.1 Å². The third kappa shape index (κ3) is 3.50. The van der Waals surface area contributed by atoms with Gasteiger partial charge in [-0.2, -0.15) is 0 Å². The van der Waals surface area contributed by atoms with Crippen LogP contribution in [0.2, 0.25) is 0 Å². The molecule has 1 heterocycles. The van der Waals surface area contributed by atoms with Crippen LogP contribution in [0, 0.1) is 20.8 Å². The Labute approximate surface area is 193 Å². The second kappa shape index (κ2) is 8.06. The van der Waals surface area contributed by atoms with E-state index in [2.05, 4.69) is 5.32 Å². The lowest BCUT2D eigenvalue weighted by atomic mass is 9.99. The van der Waals surface area contributed by atoms with E-state index >= 15 is 0 Å². The van der Waals surface area contributed by atoms with Gasteiger partial charge in [-0.15, -0.1) is 0 Å². The molecule has 1 aliphatic rings. The highest BCUT2D eigenvalue weighted by Crippen LogP contribution is 2.36. The molecular formula is C29H24N2O2. The molecule has 33 heavy (non-hydrogen) atoms. The standard InChI is InChI=1S/C29H24N2O2/c1-18-15-16-22(17-20(18)3)26-27(30-24-13-8-11-21-10-5-6-12-23(21)24)29(33)31(28(26)32)25-14-7-4-9-19(25)2/h4-17,30H,1-3H3. The average molecular weight is 433 g/mol. The number of rotatable bonds is 4. The van der Waals surface area contributed by atoms with E-state index in [0.717, 1.165) is 38.7 Å². The van der Waals surface area contributed by atoms with Crippen LogP contribution in [0.25, 0.3) is 16.3 Å². The maximum absolute atomic E-state index is 13.7. The van der Waals surface area contributed by atoms with Crippen LogP contribution in [-0.4, -0.2) is 11.8 Å². The number of nitrogens with zero attached hydrogens (tertiary/aromatic N) is 1. The normalized spacial score (nSPS) is 13.8. The number of hydrogen-bond acceptors (Lipinski definition) is 3. The van der Waals surface area contributed by atoms with E-state index in [1.165, 1.54) is 4.90 Å². The fourth-order valence-corrected chi connectivity index (χ4v) is 4.31. The Hall–Kier alpha value is -4.18. The second-order valence-corrected chi connectivity index (χ2v) is 8.43. The lowest BCUT2D eigenvalue weighted by Crippen LogP contribution is -2.33. The van der Waals surface area contributed by atoms with Gasteiger partial charge in [-0.25, -0.2) is 4.90 Å². The zero-order chi connectivity index (χ0) is 23.1. The maximum Gasteiger partial charge on any atom is 0.282 e. The van der Waals surface area contributed by atoms with Crippen LogP contribution < -0.4 is 10.2 Å². The number of anilines is 2. The quantitative estimate of drug-likeness (QED) is 0.393. The van der Waals surface area contributed by atoms with Crippen LogP contribution in [-0.2, 0) is 9.59 Å². The van der Waals surface area contributed by atoms with E-state index in [1.807, 2.05) is 106 Å². The van der Waals surface area contributed by atoms with Gasteiger partial charge in [-0.3, -0.25) is 9.59 Å². The molecule has 4 aromatic carbocycles. The summed E-state index contributed by atoms with van der Waals surface area (Å²) in [5.41, 5.74) is 5.87. The highest BCUT2D eigenvalue weighted by molar-refractivity contribution is 6.46. The second-order valence-electron chi connectivity index (χ2n) is 8.43. The fourth-order valence-electron chi connectivity index (χ4n) is 4.31. The summed E-state index contributed by atoms with van der Waals surface area (Å²) in [6.07, 6.45) is 0. The van der Waals surface area contributed by atoms with Crippen LogP contribution >= 0.6 is 0 Å². The lowest BCUT2D eigenvalue weighted by molar-refractivity contribution is -0.120. The molecule has 0 atom stereocenters. The van der Waals surface area contributed by atoms with Gasteiger partial charge >= 0.3 is 0 Å². The Morgan fingerprint density at radius 2 is 1.39 bits per heavy atom. The number of fused-ring (bicyclic) bond motifs is 1. The minimum atomic E-state index is -0.351. The molecule has 0 fully saturated rings. The number of carbonyl (C=O) groups is 2. The van der Waals surface area contributed by atoms with Gasteiger partial charge in [-0.05, 0) is 60.5 Å². The Bertz CT molecular complexity index is 1460. The summed E-state index contributed by atoms with van der Waals surface area (Å²) >= 11 is 0. The Kier molecular flexibility index (Phi) is 5.06. The summed E-state index contributed by atoms with van der Waals surface area (Å²) in [6.45, 7) is 5.95. The SMILES string of the molecule is Cc1ccc(C2=C(Nc3cccc4ccccc34)C(=O)N(c3ccccc3C)C2=O)cc1C. The molecule has 5 rings (SSSR count). The monoisotopic (exact) mass is 432 g/mol. The molecule has 0 radical (unpaired) electrons.